The van der Waals surface area contributed by atoms with Gasteiger partial charge in [0, 0.05) is 24.6 Å². The maximum absolute atomic E-state index is 12.2. The Morgan fingerprint density at radius 3 is 3.04 bits per heavy atom. The molecule has 2 aromatic heterocycles. The van der Waals surface area contributed by atoms with Crippen LogP contribution in [0.3, 0.4) is 0 Å². The van der Waals surface area contributed by atoms with E-state index in [0.717, 1.165) is 10.4 Å². The highest BCUT2D eigenvalue weighted by molar-refractivity contribution is 7.16. The van der Waals surface area contributed by atoms with Crippen LogP contribution < -0.4 is 5.32 Å². The quantitative estimate of drug-likeness (QED) is 0.589. The molecule has 1 N–H and O–H groups in total. The SMILES string of the molecule is COCCOC(=O)N1CCc2c(sc(NC(=O)/C=C/c3ccco3)c2C#N)C1. The normalized spacial score (nSPS) is 13.2. The first-order chi connectivity index (χ1) is 13.6. The van der Waals surface area contributed by atoms with Gasteiger partial charge in [-0.2, -0.15) is 5.26 Å². The summed E-state index contributed by atoms with van der Waals surface area (Å²) in [4.78, 5) is 26.7. The van der Waals surface area contributed by atoms with E-state index in [-0.39, 0.29) is 12.5 Å². The third kappa shape index (κ3) is 4.60. The third-order valence-electron chi connectivity index (χ3n) is 4.12. The largest absolute Gasteiger partial charge is 0.465 e. The number of amides is 2. The molecule has 3 heterocycles. The van der Waals surface area contributed by atoms with Crippen LogP contribution in [0.1, 0.15) is 21.8 Å². The number of anilines is 1. The molecule has 0 bridgehead atoms. The van der Waals surface area contributed by atoms with Crippen molar-refractivity contribution in [3.05, 3.63) is 46.2 Å². The van der Waals surface area contributed by atoms with E-state index >= 15 is 0 Å². The molecule has 0 unspecified atom stereocenters. The molecule has 0 atom stereocenters. The van der Waals surface area contributed by atoms with E-state index in [1.165, 1.54) is 30.8 Å². The molecule has 146 valence electrons. The van der Waals surface area contributed by atoms with Gasteiger partial charge in [0.05, 0.1) is 25.0 Å². The van der Waals surface area contributed by atoms with Gasteiger partial charge in [-0.1, -0.05) is 0 Å². The van der Waals surface area contributed by atoms with Crippen molar-refractivity contribution in [2.75, 3.05) is 32.2 Å². The van der Waals surface area contributed by atoms with Gasteiger partial charge in [-0.05, 0) is 30.2 Å². The Balaban J connectivity index is 1.68. The highest BCUT2D eigenvalue weighted by Gasteiger charge is 2.28. The molecule has 0 fully saturated rings. The van der Waals surface area contributed by atoms with Crippen LogP contribution in [0.4, 0.5) is 9.80 Å². The second-order valence-electron chi connectivity index (χ2n) is 5.94. The molecule has 1 aliphatic heterocycles. The van der Waals surface area contributed by atoms with Crippen molar-refractivity contribution in [2.45, 2.75) is 13.0 Å². The number of methoxy groups -OCH3 is 1. The third-order valence-corrected chi connectivity index (χ3v) is 5.25. The van der Waals surface area contributed by atoms with Gasteiger partial charge in [0.25, 0.3) is 0 Å². The summed E-state index contributed by atoms with van der Waals surface area (Å²) in [5, 5.41) is 12.8. The fourth-order valence-corrected chi connectivity index (χ4v) is 3.98. The Bertz CT molecular complexity index is 911. The Kier molecular flexibility index (Phi) is 6.47. The summed E-state index contributed by atoms with van der Waals surface area (Å²) in [6.45, 7) is 1.33. The van der Waals surface area contributed by atoms with Crippen LogP contribution in [-0.4, -0.2) is 43.8 Å². The molecule has 0 saturated heterocycles. The lowest BCUT2D eigenvalue weighted by atomic mass is 10.0. The van der Waals surface area contributed by atoms with E-state index in [9.17, 15) is 14.9 Å². The second kappa shape index (κ2) is 9.21. The number of nitrogens with zero attached hydrogens (tertiary/aromatic N) is 2. The molecule has 0 spiro atoms. The molecule has 0 aromatic carbocycles. The van der Waals surface area contributed by atoms with Crippen LogP contribution in [0.15, 0.2) is 28.9 Å². The van der Waals surface area contributed by atoms with Crippen LogP contribution in [0.5, 0.6) is 0 Å². The number of carbonyl (C=O) groups excluding carboxylic acids is 2. The first kappa shape index (κ1) is 19.7. The number of hydrogen-bond donors (Lipinski definition) is 1. The molecule has 2 amide bonds. The minimum absolute atomic E-state index is 0.190. The Labute approximate surface area is 165 Å². The zero-order valence-corrected chi connectivity index (χ0v) is 16.1. The zero-order valence-electron chi connectivity index (χ0n) is 15.3. The molecule has 1 aliphatic rings. The second-order valence-corrected chi connectivity index (χ2v) is 7.04. The summed E-state index contributed by atoms with van der Waals surface area (Å²) in [6, 6.07) is 5.62. The number of furan rings is 1. The summed E-state index contributed by atoms with van der Waals surface area (Å²) in [7, 11) is 1.54. The first-order valence-electron chi connectivity index (χ1n) is 8.60. The van der Waals surface area contributed by atoms with Crippen LogP contribution >= 0.6 is 11.3 Å². The minimum Gasteiger partial charge on any atom is -0.465 e. The highest BCUT2D eigenvalue weighted by Crippen LogP contribution is 2.36. The van der Waals surface area contributed by atoms with Gasteiger partial charge in [0.15, 0.2) is 0 Å². The van der Waals surface area contributed by atoms with Crippen molar-refractivity contribution in [3.63, 3.8) is 0 Å². The standard InChI is InChI=1S/C19H19N3O5S/c1-25-9-10-27-19(24)22-7-6-14-15(11-20)18(28-16(14)12-22)21-17(23)5-4-13-3-2-8-26-13/h2-5,8H,6-7,9-10,12H2,1H3,(H,21,23)/b5-4+. The van der Waals surface area contributed by atoms with Crippen LogP contribution in [0.2, 0.25) is 0 Å². The van der Waals surface area contributed by atoms with E-state index in [2.05, 4.69) is 11.4 Å². The van der Waals surface area contributed by atoms with Crippen molar-refractivity contribution in [2.24, 2.45) is 0 Å². The van der Waals surface area contributed by atoms with Gasteiger partial charge in [0.2, 0.25) is 5.91 Å². The maximum atomic E-state index is 12.2. The molecule has 0 saturated carbocycles. The fourth-order valence-electron chi connectivity index (χ4n) is 2.77. The summed E-state index contributed by atoms with van der Waals surface area (Å²) >= 11 is 1.30. The summed E-state index contributed by atoms with van der Waals surface area (Å²) in [5.41, 5.74) is 1.32. The molecule has 9 heteroatoms. The van der Waals surface area contributed by atoms with Gasteiger partial charge in [-0.15, -0.1) is 11.3 Å². The first-order valence-corrected chi connectivity index (χ1v) is 9.42. The van der Waals surface area contributed by atoms with Crippen molar-refractivity contribution < 1.29 is 23.5 Å². The van der Waals surface area contributed by atoms with Gasteiger partial charge < -0.3 is 24.1 Å². The molecule has 28 heavy (non-hydrogen) atoms. The van der Waals surface area contributed by atoms with Gasteiger partial charge in [-0.3, -0.25) is 4.79 Å². The topological polar surface area (TPSA) is 105 Å². The van der Waals surface area contributed by atoms with Crippen LogP contribution in [0, 0.1) is 11.3 Å². The smallest absolute Gasteiger partial charge is 0.410 e. The van der Waals surface area contributed by atoms with Crippen molar-refractivity contribution >= 4 is 34.4 Å². The molecule has 8 nitrogen and oxygen atoms in total. The molecule has 0 radical (unpaired) electrons. The van der Waals surface area contributed by atoms with E-state index < -0.39 is 6.09 Å². The summed E-state index contributed by atoms with van der Waals surface area (Å²) in [6.07, 6.45) is 4.53. The Hall–Kier alpha value is -3.09. The van der Waals surface area contributed by atoms with Gasteiger partial charge in [0.1, 0.15) is 23.4 Å². The highest BCUT2D eigenvalue weighted by atomic mass is 32.1. The average Bonchev–Trinajstić information content (AvgIpc) is 3.33. The number of nitriles is 1. The monoisotopic (exact) mass is 401 g/mol. The maximum Gasteiger partial charge on any atom is 0.410 e. The predicted octanol–water partition coefficient (Wildman–Crippen LogP) is 3.01. The Morgan fingerprint density at radius 2 is 2.32 bits per heavy atom. The minimum atomic E-state index is -0.415. The van der Waals surface area contributed by atoms with Crippen molar-refractivity contribution in [3.8, 4) is 6.07 Å². The Morgan fingerprint density at radius 1 is 1.46 bits per heavy atom. The number of nitrogens with one attached hydrogen (secondary N) is 1. The summed E-state index contributed by atoms with van der Waals surface area (Å²) < 4.78 is 15.2. The van der Waals surface area contributed by atoms with Crippen LogP contribution in [-0.2, 0) is 27.2 Å². The van der Waals surface area contributed by atoms with Crippen molar-refractivity contribution in [1.82, 2.24) is 4.90 Å². The number of hydrogen-bond acceptors (Lipinski definition) is 7. The van der Waals surface area contributed by atoms with Gasteiger partial charge in [-0.25, -0.2) is 4.79 Å². The lowest BCUT2D eigenvalue weighted by molar-refractivity contribution is -0.111. The molecule has 3 rings (SSSR count). The zero-order chi connectivity index (χ0) is 19.9. The summed E-state index contributed by atoms with van der Waals surface area (Å²) in [5.74, 6) is 0.200. The predicted molar refractivity (Wildman–Crippen MR) is 103 cm³/mol. The van der Waals surface area contributed by atoms with Crippen molar-refractivity contribution in [1.29, 1.82) is 5.26 Å². The molecular formula is C19H19N3O5S. The lowest BCUT2D eigenvalue weighted by Gasteiger charge is -2.26. The average molecular weight is 401 g/mol. The number of rotatable bonds is 6. The van der Waals surface area contributed by atoms with Crippen LogP contribution in [0.25, 0.3) is 6.08 Å². The molecule has 2 aromatic rings. The van der Waals surface area contributed by atoms with E-state index in [4.69, 9.17) is 13.9 Å². The number of carbonyl (C=O) groups is 2. The van der Waals surface area contributed by atoms with E-state index in [1.807, 2.05) is 0 Å². The lowest BCUT2D eigenvalue weighted by Crippen LogP contribution is -2.36. The molecule has 0 aliphatic carbocycles. The number of ether oxygens (including phenoxy) is 2. The van der Waals surface area contributed by atoms with E-state index in [1.54, 1.807) is 23.1 Å². The number of thiophene rings is 1. The molecular weight excluding hydrogens is 382 g/mol. The number of fused-ring (bicyclic) bond motifs is 1. The van der Waals surface area contributed by atoms with E-state index in [0.29, 0.717) is 42.4 Å². The fraction of sp³-hybridized carbons (Fsp3) is 0.316. The van der Waals surface area contributed by atoms with Gasteiger partial charge >= 0.3 is 6.09 Å².